The number of carbonyl (C=O) groups is 1. The van der Waals surface area contributed by atoms with Gasteiger partial charge >= 0.3 is 0 Å². The zero-order chi connectivity index (χ0) is 13.9. The predicted molar refractivity (Wildman–Crippen MR) is 83.1 cm³/mol. The normalized spacial score (nSPS) is 12.2. The number of rotatable bonds is 3. The van der Waals surface area contributed by atoms with Crippen molar-refractivity contribution in [2.45, 2.75) is 5.92 Å². The third kappa shape index (κ3) is 2.33. The van der Waals surface area contributed by atoms with Crippen molar-refractivity contribution < 1.29 is 4.79 Å². The van der Waals surface area contributed by atoms with Crippen molar-refractivity contribution in [3.8, 4) is 0 Å². The Balaban J connectivity index is 2.23. The van der Waals surface area contributed by atoms with Crippen molar-refractivity contribution in [2.24, 2.45) is 0 Å². The molecule has 3 aromatic carbocycles. The molecule has 3 aromatic rings. The lowest BCUT2D eigenvalue weighted by Gasteiger charge is -2.16. The lowest BCUT2D eigenvalue weighted by Crippen LogP contribution is -2.09. The molecule has 0 amide bonds. The maximum Gasteiger partial charge on any atom is 0.233 e. The van der Waals surface area contributed by atoms with Crippen molar-refractivity contribution >= 4 is 27.6 Å². The summed E-state index contributed by atoms with van der Waals surface area (Å²) in [5.74, 6) is -0.427. The fourth-order valence-corrected chi connectivity index (χ4v) is 2.82. The van der Waals surface area contributed by atoms with E-state index >= 15 is 0 Å². The Labute approximate surface area is 122 Å². The Morgan fingerprint density at radius 2 is 1.45 bits per heavy atom. The second kappa shape index (κ2) is 5.48. The van der Waals surface area contributed by atoms with Crippen molar-refractivity contribution in [1.82, 2.24) is 0 Å². The van der Waals surface area contributed by atoms with Gasteiger partial charge in [0, 0.05) is 0 Å². The van der Waals surface area contributed by atoms with Crippen LogP contribution in [-0.2, 0) is 4.79 Å². The van der Waals surface area contributed by atoms with Gasteiger partial charge in [-0.25, -0.2) is 0 Å². The summed E-state index contributed by atoms with van der Waals surface area (Å²) in [6, 6.07) is 23.7. The van der Waals surface area contributed by atoms with E-state index in [0.717, 1.165) is 21.9 Å². The molecule has 1 unspecified atom stereocenters. The molecule has 2 heteroatoms. The van der Waals surface area contributed by atoms with Crippen molar-refractivity contribution in [2.75, 3.05) is 0 Å². The standard InChI is InChI=1S/C18H13ClO/c19-18(20)17(14-8-2-1-3-9-14)16-12-6-10-13-7-4-5-11-15(13)16/h1-12,17H. The second-order valence-electron chi connectivity index (χ2n) is 4.72. The fourth-order valence-electron chi connectivity index (χ4n) is 2.58. The molecule has 1 nitrogen and oxygen atoms in total. The van der Waals surface area contributed by atoms with E-state index in [-0.39, 0.29) is 5.24 Å². The molecule has 0 aliphatic rings. The van der Waals surface area contributed by atoms with Crippen molar-refractivity contribution in [3.63, 3.8) is 0 Å². The SMILES string of the molecule is O=C(Cl)C(c1ccccc1)c1cccc2ccccc12. The van der Waals surface area contributed by atoms with Gasteiger partial charge in [-0.1, -0.05) is 72.8 Å². The highest BCUT2D eigenvalue weighted by atomic mass is 35.5. The average molecular weight is 281 g/mol. The molecule has 3 rings (SSSR count). The molecule has 0 N–H and O–H groups in total. The fraction of sp³-hybridized carbons (Fsp3) is 0.0556. The quantitative estimate of drug-likeness (QED) is 0.634. The zero-order valence-electron chi connectivity index (χ0n) is 10.8. The van der Waals surface area contributed by atoms with E-state index < -0.39 is 5.92 Å². The summed E-state index contributed by atoms with van der Waals surface area (Å²) in [4.78, 5) is 12.0. The van der Waals surface area contributed by atoms with E-state index in [0.29, 0.717) is 0 Å². The average Bonchev–Trinajstić information content (AvgIpc) is 2.48. The van der Waals surface area contributed by atoms with Crippen LogP contribution in [0.2, 0.25) is 0 Å². The smallest absolute Gasteiger partial charge is 0.233 e. The van der Waals surface area contributed by atoms with Crippen LogP contribution in [0.15, 0.2) is 72.8 Å². The van der Waals surface area contributed by atoms with E-state index in [2.05, 4.69) is 0 Å². The van der Waals surface area contributed by atoms with Gasteiger partial charge in [0.15, 0.2) is 0 Å². The van der Waals surface area contributed by atoms with Gasteiger partial charge in [0.1, 0.15) is 0 Å². The number of hydrogen-bond donors (Lipinski definition) is 0. The highest BCUT2D eigenvalue weighted by Gasteiger charge is 2.22. The molecule has 0 saturated carbocycles. The lowest BCUT2D eigenvalue weighted by atomic mass is 9.89. The number of hydrogen-bond acceptors (Lipinski definition) is 1. The van der Waals surface area contributed by atoms with Crippen molar-refractivity contribution in [1.29, 1.82) is 0 Å². The van der Waals surface area contributed by atoms with Gasteiger partial charge in [-0.3, -0.25) is 4.79 Å². The van der Waals surface area contributed by atoms with E-state index in [4.69, 9.17) is 11.6 Å². The van der Waals surface area contributed by atoms with Crippen LogP contribution in [0.5, 0.6) is 0 Å². The molecule has 0 aromatic heterocycles. The Morgan fingerprint density at radius 3 is 2.20 bits per heavy atom. The van der Waals surface area contributed by atoms with Gasteiger partial charge < -0.3 is 0 Å². The van der Waals surface area contributed by atoms with Crippen molar-refractivity contribution in [3.05, 3.63) is 83.9 Å². The number of halogens is 1. The first-order chi connectivity index (χ1) is 9.77. The minimum absolute atomic E-state index is 0.354. The maximum absolute atomic E-state index is 12.0. The molecule has 0 saturated heterocycles. The molecule has 20 heavy (non-hydrogen) atoms. The van der Waals surface area contributed by atoms with Gasteiger partial charge in [-0.15, -0.1) is 0 Å². The minimum atomic E-state index is -0.427. The Morgan fingerprint density at radius 1 is 0.800 bits per heavy atom. The van der Waals surface area contributed by atoms with Gasteiger partial charge in [0.2, 0.25) is 5.24 Å². The molecule has 98 valence electrons. The predicted octanol–water partition coefficient (Wildman–Crippen LogP) is 4.74. The molecule has 0 heterocycles. The topological polar surface area (TPSA) is 17.1 Å². The first kappa shape index (κ1) is 12.9. The third-order valence-corrected chi connectivity index (χ3v) is 3.71. The van der Waals surface area contributed by atoms with E-state index in [9.17, 15) is 4.79 Å². The molecule has 0 bridgehead atoms. The summed E-state index contributed by atoms with van der Waals surface area (Å²) in [5.41, 5.74) is 1.87. The van der Waals surface area contributed by atoms with Crippen LogP contribution in [0.3, 0.4) is 0 Å². The van der Waals surface area contributed by atoms with Crippen LogP contribution >= 0.6 is 11.6 Å². The number of carbonyl (C=O) groups excluding carboxylic acids is 1. The molecule has 0 fully saturated rings. The molecule has 1 atom stereocenters. The van der Waals surface area contributed by atoms with Crippen LogP contribution < -0.4 is 0 Å². The van der Waals surface area contributed by atoms with Gasteiger partial charge in [0.05, 0.1) is 5.92 Å². The van der Waals surface area contributed by atoms with Crippen LogP contribution in [0, 0.1) is 0 Å². The molecule has 0 aliphatic heterocycles. The largest absolute Gasteiger partial charge is 0.280 e. The molecular weight excluding hydrogens is 268 g/mol. The number of fused-ring (bicyclic) bond motifs is 1. The maximum atomic E-state index is 12.0. The molecule has 0 aliphatic carbocycles. The first-order valence-corrected chi connectivity index (χ1v) is 6.87. The first-order valence-electron chi connectivity index (χ1n) is 6.49. The summed E-state index contributed by atoms with van der Waals surface area (Å²) >= 11 is 5.87. The minimum Gasteiger partial charge on any atom is -0.280 e. The highest BCUT2D eigenvalue weighted by molar-refractivity contribution is 6.65. The van der Waals surface area contributed by atoms with Gasteiger partial charge in [-0.2, -0.15) is 0 Å². The molecular formula is C18H13ClO. The van der Waals surface area contributed by atoms with Gasteiger partial charge in [0.25, 0.3) is 0 Å². The van der Waals surface area contributed by atoms with Gasteiger partial charge in [-0.05, 0) is 33.5 Å². The molecule has 0 radical (unpaired) electrons. The summed E-state index contributed by atoms with van der Waals surface area (Å²) < 4.78 is 0. The molecule has 0 spiro atoms. The monoisotopic (exact) mass is 280 g/mol. The van der Waals surface area contributed by atoms with Crippen LogP contribution in [-0.4, -0.2) is 5.24 Å². The lowest BCUT2D eigenvalue weighted by molar-refractivity contribution is -0.112. The zero-order valence-corrected chi connectivity index (χ0v) is 11.5. The Hall–Kier alpha value is -2.12. The Bertz CT molecular complexity index is 744. The summed E-state index contributed by atoms with van der Waals surface area (Å²) in [6.07, 6.45) is 0. The number of benzene rings is 3. The highest BCUT2D eigenvalue weighted by Crippen LogP contribution is 2.32. The van der Waals surface area contributed by atoms with E-state index in [1.807, 2.05) is 72.8 Å². The Kier molecular flexibility index (Phi) is 3.53. The van der Waals surface area contributed by atoms with Crippen LogP contribution in [0.4, 0.5) is 0 Å². The third-order valence-electron chi connectivity index (χ3n) is 3.49. The van der Waals surface area contributed by atoms with Crippen LogP contribution in [0.1, 0.15) is 17.0 Å². The van der Waals surface area contributed by atoms with Crippen LogP contribution in [0.25, 0.3) is 10.8 Å². The van der Waals surface area contributed by atoms with E-state index in [1.54, 1.807) is 0 Å². The second-order valence-corrected chi connectivity index (χ2v) is 5.09. The summed E-state index contributed by atoms with van der Waals surface area (Å²) in [5, 5.41) is 1.83. The summed E-state index contributed by atoms with van der Waals surface area (Å²) in [6.45, 7) is 0. The summed E-state index contributed by atoms with van der Waals surface area (Å²) in [7, 11) is 0. The van der Waals surface area contributed by atoms with E-state index in [1.165, 1.54) is 0 Å².